The fourth-order valence-corrected chi connectivity index (χ4v) is 3.06. The van der Waals surface area contributed by atoms with E-state index in [1.165, 1.54) is 6.07 Å². The van der Waals surface area contributed by atoms with Gasteiger partial charge in [0, 0.05) is 0 Å². The third-order valence-electron chi connectivity index (χ3n) is 4.70. The van der Waals surface area contributed by atoms with Gasteiger partial charge < -0.3 is 15.6 Å². The van der Waals surface area contributed by atoms with E-state index >= 15 is 0 Å². The minimum atomic E-state index is -4.52. The Morgan fingerprint density at radius 2 is 1.72 bits per heavy atom. The predicted molar refractivity (Wildman–Crippen MR) is 104 cm³/mol. The monoisotopic (exact) mass is 409 g/mol. The van der Waals surface area contributed by atoms with Crippen LogP contribution in [0.5, 0.6) is 5.75 Å². The summed E-state index contributed by atoms with van der Waals surface area (Å²) in [4.78, 5) is 11.1. The van der Waals surface area contributed by atoms with E-state index in [4.69, 9.17) is 15.6 Å². The van der Waals surface area contributed by atoms with Crippen molar-refractivity contribution in [2.45, 2.75) is 38.3 Å². The van der Waals surface area contributed by atoms with Crippen LogP contribution in [0.25, 0.3) is 0 Å². The lowest BCUT2D eigenvalue weighted by molar-refractivity contribution is -0.139. The number of aliphatic hydroxyl groups excluding tert-OH is 1. The Balaban J connectivity index is 1.95. The van der Waals surface area contributed by atoms with Crippen molar-refractivity contribution in [3.05, 3.63) is 65.2 Å². The Morgan fingerprint density at radius 1 is 1.03 bits per heavy atom. The third-order valence-corrected chi connectivity index (χ3v) is 4.70. The van der Waals surface area contributed by atoms with Crippen molar-refractivity contribution in [1.29, 1.82) is 0 Å². The Hall–Kier alpha value is -2.54. The Kier molecular flexibility index (Phi) is 8.51. The molecule has 0 bridgehead atoms. The number of carbonyl (C=O) groups is 1. The molecular formula is C22H26F3NO3. The highest BCUT2D eigenvalue weighted by Gasteiger charge is 2.34. The molecule has 2 rings (SSSR count). The fraction of sp³-hybridized carbons (Fsp3) is 0.409. The SMILES string of the molecule is NC(=O)C(CO)CCCc1ccc(OCCCc2ccccc2)c(C(F)(F)F)c1. The minimum Gasteiger partial charge on any atom is -0.493 e. The Bertz CT molecular complexity index is 779. The van der Waals surface area contributed by atoms with Crippen molar-refractivity contribution in [3.8, 4) is 5.75 Å². The highest BCUT2D eigenvalue weighted by molar-refractivity contribution is 5.76. The highest BCUT2D eigenvalue weighted by Crippen LogP contribution is 2.37. The number of amides is 1. The molecule has 2 aromatic carbocycles. The number of hydrogen-bond acceptors (Lipinski definition) is 3. The molecular weight excluding hydrogens is 383 g/mol. The zero-order valence-electron chi connectivity index (χ0n) is 16.1. The molecule has 1 atom stereocenters. The van der Waals surface area contributed by atoms with E-state index in [1.54, 1.807) is 6.07 Å². The first-order chi connectivity index (χ1) is 13.8. The average molecular weight is 409 g/mol. The van der Waals surface area contributed by atoms with E-state index in [0.29, 0.717) is 31.2 Å². The molecule has 2 aromatic rings. The topological polar surface area (TPSA) is 72.6 Å². The molecule has 1 unspecified atom stereocenters. The molecule has 0 aromatic heterocycles. The van der Waals surface area contributed by atoms with Crippen molar-refractivity contribution < 1.29 is 27.8 Å². The van der Waals surface area contributed by atoms with Crippen LogP contribution in [0, 0.1) is 5.92 Å². The zero-order chi connectivity index (χ0) is 21.3. The second kappa shape index (κ2) is 10.9. The summed E-state index contributed by atoms with van der Waals surface area (Å²) in [5, 5.41) is 9.09. The molecule has 0 aliphatic rings. The summed E-state index contributed by atoms with van der Waals surface area (Å²) in [6.07, 6.45) is -2.06. The van der Waals surface area contributed by atoms with Gasteiger partial charge in [-0.2, -0.15) is 13.2 Å². The van der Waals surface area contributed by atoms with Crippen LogP contribution in [0.2, 0.25) is 0 Å². The Morgan fingerprint density at radius 3 is 2.34 bits per heavy atom. The van der Waals surface area contributed by atoms with Gasteiger partial charge in [-0.05, 0) is 55.4 Å². The van der Waals surface area contributed by atoms with E-state index < -0.39 is 23.6 Å². The maximum atomic E-state index is 13.4. The molecule has 0 aliphatic carbocycles. The summed E-state index contributed by atoms with van der Waals surface area (Å²) in [6, 6.07) is 13.7. The summed E-state index contributed by atoms with van der Waals surface area (Å²) in [5.41, 5.74) is 5.96. The number of primary amides is 1. The maximum absolute atomic E-state index is 13.4. The van der Waals surface area contributed by atoms with Crippen LogP contribution >= 0.6 is 0 Å². The molecule has 0 aliphatic heterocycles. The van der Waals surface area contributed by atoms with Gasteiger partial charge in [0.25, 0.3) is 0 Å². The third kappa shape index (κ3) is 7.42. The number of alkyl halides is 3. The number of aryl methyl sites for hydroxylation is 2. The quantitative estimate of drug-likeness (QED) is 0.548. The molecule has 158 valence electrons. The van der Waals surface area contributed by atoms with Crippen molar-refractivity contribution >= 4 is 5.91 Å². The smallest absolute Gasteiger partial charge is 0.419 e. The number of nitrogens with two attached hydrogens (primary N) is 1. The van der Waals surface area contributed by atoms with Gasteiger partial charge in [-0.25, -0.2) is 0 Å². The molecule has 7 heteroatoms. The summed E-state index contributed by atoms with van der Waals surface area (Å²) in [5.74, 6) is -1.47. The van der Waals surface area contributed by atoms with Gasteiger partial charge in [0.05, 0.1) is 24.7 Å². The zero-order valence-corrected chi connectivity index (χ0v) is 16.1. The van der Waals surface area contributed by atoms with Crippen molar-refractivity contribution in [1.82, 2.24) is 0 Å². The first-order valence-electron chi connectivity index (χ1n) is 9.58. The van der Waals surface area contributed by atoms with Crippen molar-refractivity contribution in [2.75, 3.05) is 13.2 Å². The van der Waals surface area contributed by atoms with E-state index in [2.05, 4.69) is 0 Å². The summed E-state index contributed by atoms with van der Waals surface area (Å²) in [7, 11) is 0. The number of ether oxygens (including phenoxy) is 1. The number of benzene rings is 2. The summed E-state index contributed by atoms with van der Waals surface area (Å²) >= 11 is 0. The first-order valence-corrected chi connectivity index (χ1v) is 9.58. The van der Waals surface area contributed by atoms with Crippen LogP contribution in [-0.4, -0.2) is 24.2 Å². The molecule has 1 amide bonds. The van der Waals surface area contributed by atoms with E-state index in [-0.39, 0.29) is 19.0 Å². The normalized spacial score (nSPS) is 12.6. The van der Waals surface area contributed by atoms with Gasteiger partial charge in [-0.15, -0.1) is 0 Å². The summed E-state index contributed by atoms with van der Waals surface area (Å²) in [6.45, 7) is -0.174. The molecule has 0 fully saturated rings. The van der Waals surface area contributed by atoms with Gasteiger partial charge in [0.15, 0.2) is 0 Å². The van der Waals surface area contributed by atoms with Crippen molar-refractivity contribution in [3.63, 3.8) is 0 Å². The molecule has 0 heterocycles. The van der Waals surface area contributed by atoms with Crippen LogP contribution in [-0.2, 0) is 23.8 Å². The molecule has 0 spiro atoms. The molecule has 0 saturated heterocycles. The van der Waals surface area contributed by atoms with Crippen LogP contribution in [0.15, 0.2) is 48.5 Å². The molecule has 4 nitrogen and oxygen atoms in total. The fourth-order valence-electron chi connectivity index (χ4n) is 3.06. The molecule has 29 heavy (non-hydrogen) atoms. The lowest BCUT2D eigenvalue weighted by atomic mass is 9.98. The highest BCUT2D eigenvalue weighted by atomic mass is 19.4. The first kappa shape index (κ1) is 22.7. The molecule has 3 N–H and O–H groups in total. The molecule has 0 radical (unpaired) electrons. The Labute approximate surface area is 168 Å². The summed E-state index contributed by atoms with van der Waals surface area (Å²) < 4.78 is 45.7. The maximum Gasteiger partial charge on any atom is 0.419 e. The van der Waals surface area contributed by atoms with Gasteiger partial charge in [-0.1, -0.05) is 36.4 Å². The van der Waals surface area contributed by atoms with E-state index in [9.17, 15) is 18.0 Å². The lowest BCUT2D eigenvalue weighted by Gasteiger charge is -2.16. The number of rotatable bonds is 11. The predicted octanol–water partition coefficient (Wildman–Crippen LogP) is 4.13. The minimum absolute atomic E-state index is 0.181. The second-order valence-electron chi connectivity index (χ2n) is 6.94. The van der Waals surface area contributed by atoms with Crippen LogP contribution in [0.1, 0.15) is 36.0 Å². The lowest BCUT2D eigenvalue weighted by Crippen LogP contribution is -2.26. The van der Waals surface area contributed by atoms with Crippen LogP contribution < -0.4 is 10.5 Å². The van der Waals surface area contributed by atoms with Gasteiger partial charge in [-0.3, -0.25) is 4.79 Å². The average Bonchev–Trinajstić information content (AvgIpc) is 2.69. The van der Waals surface area contributed by atoms with Gasteiger partial charge >= 0.3 is 6.18 Å². The van der Waals surface area contributed by atoms with Gasteiger partial charge in [0.2, 0.25) is 5.91 Å². The van der Waals surface area contributed by atoms with Crippen LogP contribution in [0.4, 0.5) is 13.2 Å². The number of halogens is 3. The standard InChI is InChI=1S/C22H26F3NO3/c23-22(24,25)19-14-17(8-4-10-18(15-27)21(26)28)11-12-20(19)29-13-5-9-16-6-2-1-3-7-16/h1-3,6-7,11-12,14,18,27H,4-5,8-10,13,15H2,(H2,26,28). The second-order valence-corrected chi connectivity index (χ2v) is 6.94. The number of carbonyl (C=O) groups excluding carboxylic acids is 1. The van der Waals surface area contributed by atoms with Crippen LogP contribution in [0.3, 0.4) is 0 Å². The van der Waals surface area contributed by atoms with E-state index in [1.807, 2.05) is 30.3 Å². The largest absolute Gasteiger partial charge is 0.493 e. The van der Waals surface area contributed by atoms with Crippen molar-refractivity contribution in [2.24, 2.45) is 11.7 Å². The number of aliphatic hydroxyl groups is 1. The molecule has 0 saturated carbocycles. The van der Waals surface area contributed by atoms with Gasteiger partial charge in [0.1, 0.15) is 5.75 Å². The van der Waals surface area contributed by atoms with E-state index in [0.717, 1.165) is 18.1 Å². The number of hydrogen-bond donors (Lipinski definition) is 2.